The summed E-state index contributed by atoms with van der Waals surface area (Å²) in [5.41, 5.74) is 1.98. The molecule has 5 rings (SSSR count). The van der Waals surface area contributed by atoms with Gasteiger partial charge in [-0.25, -0.2) is 4.79 Å². The van der Waals surface area contributed by atoms with Crippen LogP contribution in [0.3, 0.4) is 0 Å². The first-order valence-electron chi connectivity index (χ1n) is 11.4. The smallest absolute Gasteiger partial charge is 0.328 e. The summed E-state index contributed by atoms with van der Waals surface area (Å²) in [6.07, 6.45) is 0.865. The predicted octanol–water partition coefficient (Wildman–Crippen LogP) is 2.76. The van der Waals surface area contributed by atoms with Crippen LogP contribution in [0, 0.1) is 12.3 Å². The van der Waals surface area contributed by atoms with Crippen molar-refractivity contribution in [3.63, 3.8) is 0 Å². The Balaban J connectivity index is 1.21. The lowest BCUT2D eigenvalue weighted by atomic mass is 9.82. The Labute approximate surface area is 201 Å². The number of imide groups is 2. The number of nitrogens with zero attached hydrogens (tertiary/aromatic N) is 1. The first-order valence-corrected chi connectivity index (χ1v) is 11.4. The minimum Gasteiger partial charge on any atom is -0.489 e. The van der Waals surface area contributed by atoms with Gasteiger partial charge in [0, 0.05) is 28.2 Å². The molecular formula is C26H24N4O5. The number of hydrogen-bond acceptors (Lipinski definition) is 6. The molecule has 9 heteroatoms. The summed E-state index contributed by atoms with van der Waals surface area (Å²) in [4.78, 5) is 53.3. The molecule has 2 heterocycles. The number of urea groups is 1. The average Bonchev–Trinajstić information content (AvgIpc) is 3.26. The third-order valence-corrected chi connectivity index (χ3v) is 6.61. The molecule has 2 aliphatic rings. The highest BCUT2D eigenvalue weighted by molar-refractivity contribution is 6.19. The van der Waals surface area contributed by atoms with Gasteiger partial charge in [0.25, 0.3) is 5.91 Å². The highest BCUT2D eigenvalue weighted by Crippen LogP contribution is 2.40. The van der Waals surface area contributed by atoms with E-state index in [1.165, 1.54) is 0 Å². The van der Waals surface area contributed by atoms with Crippen LogP contribution in [0.1, 0.15) is 40.9 Å². The first kappa shape index (κ1) is 22.5. The number of hydrogen-bond donors (Lipinski definition) is 3. The predicted molar refractivity (Wildman–Crippen MR) is 126 cm³/mol. The van der Waals surface area contributed by atoms with Crippen LogP contribution in [-0.4, -0.2) is 34.8 Å². The summed E-state index contributed by atoms with van der Waals surface area (Å²) in [6, 6.07) is 15.5. The number of aryl methyl sites for hydroxylation is 1. The van der Waals surface area contributed by atoms with Crippen molar-refractivity contribution in [1.82, 2.24) is 20.9 Å². The van der Waals surface area contributed by atoms with Crippen molar-refractivity contribution < 1.29 is 23.9 Å². The number of barbiturate groups is 1. The number of nitrogens with one attached hydrogen (secondary N) is 3. The minimum absolute atomic E-state index is 0.143. The van der Waals surface area contributed by atoms with Crippen LogP contribution in [0.5, 0.6) is 5.75 Å². The number of carbonyl (C=O) groups excluding carboxylic acids is 4. The lowest BCUT2D eigenvalue weighted by Gasteiger charge is -2.30. The molecule has 3 N–H and O–H groups in total. The molecule has 35 heavy (non-hydrogen) atoms. The molecule has 1 spiro atoms. The van der Waals surface area contributed by atoms with Gasteiger partial charge in [0.15, 0.2) is 0 Å². The largest absolute Gasteiger partial charge is 0.489 e. The third-order valence-electron chi connectivity index (χ3n) is 6.61. The Morgan fingerprint density at radius 1 is 1.09 bits per heavy atom. The second kappa shape index (κ2) is 8.83. The summed E-state index contributed by atoms with van der Waals surface area (Å²) in [6.45, 7) is 2.31. The van der Waals surface area contributed by atoms with E-state index in [9.17, 15) is 19.2 Å². The van der Waals surface area contributed by atoms with E-state index in [1.54, 1.807) is 24.3 Å². The Morgan fingerprint density at radius 3 is 2.54 bits per heavy atom. The van der Waals surface area contributed by atoms with Crippen molar-refractivity contribution >= 4 is 34.7 Å². The molecule has 2 fully saturated rings. The molecule has 1 aliphatic carbocycles. The topological polar surface area (TPSA) is 126 Å². The molecule has 3 aromatic rings. The maximum atomic E-state index is 12.7. The summed E-state index contributed by atoms with van der Waals surface area (Å²) >= 11 is 0. The van der Waals surface area contributed by atoms with E-state index in [0.717, 1.165) is 22.2 Å². The zero-order valence-electron chi connectivity index (χ0n) is 19.1. The fourth-order valence-electron chi connectivity index (χ4n) is 4.81. The second-order valence-electron chi connectivity index (χ2n) is 8.99. The number of aromatic nitrogens is 1. The number of amides is 5. The molecule has 1 saturated heterocycles. The highest BCUT2D eigenvalue weighted by atomic mass is 16.5. The van der Waals surface area contributed by atoms with E-state index in [4.69, 9.17) is 4.74 Å². The van der Waals surface area contributed by atoms with Gasteiger partial charge in [-0.2, -0.15) is 0 Å². The molecule has 1 aromatic heterocycles. The van der Waals surface area contributed by atoms with Gasteiger partial charge in [0.05, 0.1) is 5.52 Å². The molecule has 0 bridgehead atoms. The van der Waals surface area contributed by atoms with Crippen molar-refractivity contribution in [2.24, 2.45) is 5.41 Å². The molecule has 1 saturated carbocycles. The van der Waals surface area contributed by atoms with Crippen molar-refractivity contribution in [3.8, 4) is 5.75 Å². The molecule has 1 aliphatic heterocycles. The van der Waals surface area contributed by atoms with E-state index < -0.39 is 23.3 Å². The van der Waals surface area contributed by atoms with Gasteiger partial charge >= 0.3 is 6.03 Å². The molecule has 9 nitrogen and oxygen atoms in total. The van der Waals surface area contributed by atoms with Crippen molar-refractivity contribution in [2.75, 3.05) is 0 Å². The monoisotopic (exact) mass is 472 g/mol. The van der Waals surface area contributed by atoms with E-state index >= 15 is 0 Å². The summed E-state index contributed by atoms with van der Waals surface area (Å²) in [5.74, 6) is -0.898. The van der Waals surface area contributed by atoms with Gasteiger partial charge < -0.3 is 10.1 Å². The Hall–Kier alpha value is -4.27. The van der Waals surface area contributed by atoms with Crippen molar-refractivity contribution in [2.45, 2.75) is 38.8 Å². The summed E-state index contributed by atoms with van der Waals surface area (Å²) in [7, 11) is 0. The summed E-state index contributed by atoms with van der Waals surface area (Å²) in [5, 5.41) is 8.23. The van der Waals surface area contributed by atoms with E-state index in [2.05, 4.69) is 20.9 Å². The number of rotatable bonds is 5. The maximum absolute atomic E-state index is 12.7. The van der Waals surface area contributed by atoms with Crippen LogP contribution in [0.15, 0.2) is 54.6 Å². The zero-order chi connectivity index (χ0) is 24.6. The Bertz CT molecular complexity index is 1330. The van der Waals surface area contributed by atoms with Crippen LogP contribution in [0.2, 0.25) is 0 Å². The molecule has 0 radical (unpaired) electrons. The third kappa shape index (κ3) is 4.32. The Kier molecular flexibility index (Phi) is 5.68. The number of fused-ring (bicyclic) bond motifs is 1. The van der Waals surface area contributed by atoms with Gasteiger partial charge in [0.1, 0.15) is 17.8 Å². The fraction of sp³-hybridized carbons (Fsp3) is 0.269. The van der Waals surface area contributed by atoms with E-state index in [1.807, 2.05) is 37.3 Å². The number of benzene rings is 2. The van der Waals surface area contributed by atoms with Crippen LogP contribution in [0.25, 0.3) is 10.9 Å². The number of para-hydroxylation sites is 1. The molecular weight excluding hydrogens is 448 g/mol. The normalized spacial score (nSPS) is 18.9. The molecule has 178 valence electrons. The SMILES string of the molecule is Cc1cc(COc2ccc(C(=O)N[C@H]3CCC4(C3)C(=O)NC(=O)NC4=O)cc2)c2ccccc2n1. The average molecular weight is 473 g/mol. The van der Waals surface area contributed by atoms with Crippen LogP contribution < -0.4 is 20.7 Å². The van der Waals surface area contributed by atoms with Crippen molar-refractivity contribution in [3.05, 3.63) is 71.4 Å². The van der Waals surface area contributed by atoms with Crippen LogP contribution in [-0.2, 0) is 16.2 Å². The van der Waals surface area contributed by atoms with Gasteiger partial charge in [-0.1, -0.05) is 18.2 Å². The van der Waals surface area contributed by atoms with Gasteiger partial charge in [-0.05, 0) is 62.6 Å². The van der Waals surface area contributed by atoms with Crippen molar-refractivity contribution in [1.29, 1.82) is 0 Å². The number of ether oxygens (including phenoxy) is 1. The summed E-state index contributed by atoms with van der Waals surface area (Å²) < 4.78 is 5.95. The standard InChI is InChI=1S/C26H24N4O5/c1-15-12-17(20-4-2-3-5-21(20)27-15)14-35-19-8-6-16(7-9-19)22(31)28-18-10-11-26(13-18)23(32)29-25(34)30-24(26)33/h2-9,12,18H,10-11,13-14H2,1H3,(H,28,31)(H2,29,30,32,33,34)/t18-/m0/s1. The second-order valence-corrected chi connectivity index (χ2v) is 8.99. The fourth-order valence-corrected chi connectivity index (χ4v) is 4.81. The number of carbonyl (C=O) groups is 4. The highest BCUT2D eigenvalue weighted by Gasteiger charge is 2.54. The molecule has 5 amide bonds. The van der Waals surface area contributed by atoms with E-state index in [0.29, 0.717) is 24.3 Å². The maximum Gasteiger partial charge on any atom is 0.328 e. The van der Waals surface area contributed by atoms with Gasteiger partial charge in [-0.15, -0.1) is 0 Å². The quantitative estimate of drug-likeness (QED) is 0.490. The molecule has 2 aromatic carbocycles. The lowest BCUT2D eigenvalue weighted by molar-refractivity contribution is -0.144. The lowest BCUT2D eigenvalue weighted by Crippen LogP contribution is -2.61. The Morgan fingerprint density at radius 2 is 1.80 bits per heavy atom. The first-order chi connectivity index (χ1) is 16.8. The van der Waals surface area contributed by atoms with Gasteiger partial charge in [-0.3, -0.25) is 30.0 Å². The van der Waals surface area contributed by atoms with E-state index in [-0.39, 0.29) is 24.8 Å². The van der Waals surface area contributed by atoms with Crippen LogP contribution in [0.4, 0.5) is 4.79 Å². The zero-order valence-corrected chi connectivity index (χ0v) is 19.1. The van der Waals surface area contributed by atoms with Gasteiger partial charge in [0.2, 0.25) is 11.8 Å². The molecule has 1 atom stereocenters. The number of pyridine rings is 1. The van der Waals surface area contributed by atoms with Crippen LogP contribution >= 0.6 is 0 Å². The minimum atomic E-state index is -1.32. The molecule has 0 unspecified atom stereocenters.